The van der Waals surface area contributed by atoms with Gasteiger partial charge in [0.25, 0.3) is 11.8 Å². The lowest BCUT2D eigenvalue weighted by atomic mass is 9.93. The van der Waals surface area contributed by atoms with Crippen molar-refractivity contribution in [3.8, 4) is 0 Å². The van der Waals surface area contributed by atoms with E-state index in [1.165, 1.54) is 0 Å². The summed E-state index contributed by atoms with van der Waals surface area (Å²) in [6, 6.07) is 6.40. The van der Waals surface area contributed by atoms with Crippen molar-refractivity contribution in [1.29, 1.82) is 0 Å². The Morgan fingerprint density at radius 2 is 1.82 bits per heavy atom. The molecule has 0 N–H and O–H groups in total. The Labute approximate surface area is 127 Å². The van der Waals surface area contributed by atoms with Gasteiger partial charge >= 0.3 is 5.97 Å². The van der Waals surface area contributed by atoms with Crippen LogP contribution in [0.5, 0.6) is 0 Å². The molecular formula is C16H17NO5. The number of ether oxygens (including phenoxy) is 1. The van der Waals surface area contributed by atoms with Crippen LogP contribution in [0, 0.1) is 11.8 Å². The molecule has 0 spiro atoms. The number of hydrogen-bond acceptors (Lipinski definition) is 5. The van der Waals surface area contributed by atoms with E-state index in [1.807, 2.05) is 13.8 Å². The van der Waals surface area contributed by atoms with E-state index in [1.54, 1.807) is 24.3 Å². The summed E-state index contributed by atoms with van der Waals surface area (Å²) >= 11 is 0. The van der Waals surface area contributed by atoms with Gasteiger partial charge in [0.1, 0.15) is 0 Å². The molecule has 116 valence electrons. The molecule has 6 heteroatoms. The quantitative estimate of drug-likeness (QED) is 0.796. The highest BCUT2D eigenvalue weighted by Crippen LogP contribution is 2.29. The molecule has 2 unspecified atom stereocenters. The number of fused-ring (bicyclic) bond motifs is 1. The Morgan fingerprint density at radius 1 is 1.23 bits per heavy atom. The van der Waals surface area contributed by atoms with Crippen molar-refractivity contribution in [3.63, 3.8) is 0 Å². The maximum absolute atomic E-state index is 12.3. The fraction of sp³-hybridized carbons (Fsp3) is 0.438. The minimum absolute atomic E-state index is 0.155. The first-order chi connectivity index (χ1) is 10.5. The van der Waals surface area contributed by atoms with E-state index in [0.29, 0.717) is 18.1 Å². The van der Waals surface area contributed by atoms with Gasteiger partial charge in [0, 0.05) is 6.61 Å². The van der Waals surface area contributed by atoms with E-state index < -0.39 is 23.7 Å². The zero-order chi connectivity index (χ0) is 15.9. The third-order valence-corrected chi connectivity index (χ3v) is 4.03. The molecule has 1 aromatic rings. The fourth-order valence-corrected chi connectivity index (χ4v) is 2.93. The molecule has 3 rings (SSSR count). The molecule has 2 amide bonds. The number of benzene rings is 1. The van der Waals surface area contributed by atoms with Crippen molar-refractivity contribution in [2.75, 3.05) is 6.61 Å². The second-order valence-corrected chi connectivity index (χ2v) is 5.84. The van der Waals surface area contributed by atoms with Gasteiger partial charge < -0.3 is 9.57 Å². The third kappa shape index (κ3) is 2.29. The number of carbonyl (C=O) groups is 3. The van der Waals surface area contributed by atoms with Crippen molar-refractivity contribution in [1.82, 2.24) is 5.06 Å². The number of amides is 2. The summed E-state index contributed by atoms with van der Waals surface area (Å²) < 4.78 is 5.54. The average molecular weight is 303 g/mol. The summed E-state index contributed by atoms with van der Waals surface area (Å²) in [4.78, 5) is 41.7. The number of hydroxylamine groups is 2. The lowest BCUT2D eigenvalue weighted by molar-refractivity contribution is -0.176. The van der Waals surface area contributed by atoms with Gasteiger partial charge in [-0.2, -0.15) is 0 Å². The van der Waals surface area contributed by atoms with Crippen LogP contribution in [0.25, 0.3) is 0 Å². The number of carbonyl (C=O) groups excluding carboxylic acids is 3. The predicted molar refractivity (Wildman–Crippen MR) is 75.7 cm³/mol. The molecule has 1 aromatic carbocycles. The van der Waals surface area contributed by atoms with E-state index in [0.717, 1.165) is 0 Å². The van der Waals surface area contributed by atoms with E-state index >= 15 is 0 Å². The monoisotopic (exact) mass is 303 g/mol. The van der Waals surface area contributed by atoms with E-state index in [-0.39, 0.29) is 23.1 Å². The van der Waals surface area contributed by atoms with Gasteiger partial charge in [0.05, 0.1) is 23.1 Å². The zero-order valence-electron chi connectivity index (χ0n) is 12.4. The number of hydrogen-bond donors (Lipinski definition) is 0. The van der Waals surface area contributed by atoms with Gasteiger partial charge in [0.2, 0.25) is 0 Å². The first-order valence-electron chi connectivity index (χ1n) is 7.32. The van der Waals surface area contributed by atoms with Crippen LogP contribution in [0.15, 0.2) is 24.3 Å². The SMILES string of the molecule is CC(C)C1OCCC1C(=O)ON1C(=O)c2ccccc2C1=O. The average Bonchev–Trinajstić information content (AvgIpc) is 3.08. The zero-order valence-corrected chi connectivity index (χ0v) is 12.4. The molecule has 1 fully saturated rings. The van der Waals surface area contributed by atoms with Crippen molar-refractivity contribution >= 4 is 17.8 Å². The number of rotatable bonds is 3. The van der Waals surface area contributed by atoms with Crippen LogP contribution < -0.4 is 0 Å². The van der Waals surface area contributed by atoms with Crippen molar-refractivity contribution in [2.24, 2.45) is 11.8 Å². The molecule has 0 radical (unpaired) electrons. The highest BCUT2D eigenvalue weighted by atomic mass is 16.7. The predicted octanol–water partition coefficient (Wildman–Crippen LogP) is 1.80. The Bertz CT molecular complexity index is 604. The summed E-state index contributed by atoms with van der Waals surface area (Å²) in [5.74, 6) is -2.10. The first kappa shape index (κ1) is 14.7. The maximum Gasteiger partial charge on any atom is 0.338 e. The fourth-order valence-electron chi connectivity index (χ4n) is 2.93. The van der Waals surface area contributed by atoms with Crippen molar-refractivity contribution in [2.45, 2.75) is 26.4 Å². The van der Waals surface area contributed by atoms with Gasteiger partial charge in [-0.1, -0.05) is 31.0 Å². The van der Waals surface area contributed by atoms with E-state index in [4.69, 9.17) is 9.57 Å². The first-order valence-corrected chi connectivity index (χ1v) is 7.32. The molecule has 0 aromatic heterocycles. The normalized spacial score (nSPS) is 24.0. The van der Waals surface area contributed by atoms with Crippen LogP contribution in [0.4, 0.5) is 0 Å². The summed E-state index contributed by atoms with van der Waals surface area (Å²) in [6.45, 7) is 4.39. The molecule has 2 aliphatic rings. The molecule has 1 saturated heterocycles. The molecule has 0 bridgehead atoms. The van der Waals surface area contributed by atoms with Gasteiger partial charge in [-0.15, -0.1) is 0 Å². The van der Waals surface area contributed by atoms with Crippen LogP contribution in [0.2, 0.25) is 0 Å². The number of nitrogens with zero attached hydrogens (tertiary/aromatic N) is 1. The smallest absolute Gasteiger partial charge is 0.338 e. The van der Waals surface area contributed by atoms with Gasteiger partial charge in [-0.25, -0.2) is 4.79 Å². The Kier molecular flexibility index (Phi) is 3.70. The van der Waals surface area contributed by atoms with Crippen LogP contribution in [-0.2, 0) is 14.4 Å². The Morgan fingerprint density at radius 3 is 2.36 bits per heavy atom. The van der Waals surface area contributed by atoms with Gasteiger partial charge in [-0.3, -0.25) is 9.59 Å². The molecule has 2 atom stereocenters. The molecule has 2 aliphatic heterocycles. The summed E-state index contributed by atoms with van der Waals surface area (Å²) in [5.41, 5.74) is 0.506. The molecule has 22 heavy (non-hydrogen) atoms. The maximum atomic E-state index is 12.3. The van der Waals surface area contributed by atoms with Gasteiger partial charge in [0.15, 0.2) is 0 Å². The molecule has 6 nitrogen and oxygen atoms in total. The molecule has 0 aliphatic carbocycles. The molecule has 0 saturated carbocycles. The van der Waals surface area contributed by atoms with Gasteiger partial charge in [-0.05, 0) is 24.5 Å². The summed E-state index contributed by atoms with van der Waals surface area (Å²) in [6.07, 6.45) is 0.285. The van der Waals surface area contributed by atoms with Crippen LogP contribution in [0.3, 0.4) is 0 Å². The molecule has 2 heterocycles. The summed E-state index contributed by atoms with van der Waals surface area (Å²) in [5, 5.41) is 0.558. The minimum Gasteiger partial charge on any atom is -0.377 e. The summed E-state index contributed by atoms with van der Waals surface area (Å²) in [7, 11) is 0. The second kappa shape index (κ2) is 5.53. The minimum atomic E-state index is -0.603. The highest BCUT2D eigenvalue weighted by Gasteiger charge is 2.43. The highest BCUT2D eigenvalue weighted by molar-refractivity contribution is 6.20. The van der Waals surface area contributed by atoms with E-state index in [9.17, 15) is 14.4 Å². The second-order valence-electron chi connectivity index (χ2n) is 5.84. The Balaban J connectivity index is 1.76. The van der Waals surface area contributed by atoms with E-state index in [2.05, 4.69) is 0 Å². The van der Waals surface area contributed by atoms with Crippen LogP contribution in [-0.4, -0.2) is 35.6 Å². The Hall–Kier alpha value is -2.21. The standard InChI is InChI=1S/C16H17NO5/c1-9(2)13-12(7-8-21-13)16(20)22-17-14(18)10-5-3-4-6-11(10)15(17)19/h3-6,9,12-13H,7-8H2,1-2H3. The third-order valence-electron chi connectivity index (χ3n) is 4.03. The molecular weight excluding hydrogens is 286 g/mol. The van der Waals surface area contributed by atoms with Crippen molar-refractivity contribution in [3.05, 3.63) is 35.4 Å². The largest absolute Gasteiger partial charge is 0.377 e. The van der Waals surface area contributed by atoms with Crippen LogP contribution >= 0.6 is 0 Å². The lowest BCUT2D eigenvalue weighted by Crippen LogP contribution is -2.38. The lowest BCUT2D eigenvalue weighted by Gasteiger charge is -2.22. The number of imide groups is 1. The van der Waals surface area contributed by atoms with Crippen LogP contribution in [0.1, 0.15) is 41.0 Å². The van der Waals surface area contributed by atoms with Crippen molar-refractivity contribution < 1.29 is 24.0 Å². The topological polar surface area (TPSA) is 72.9 Å².